The van der Waals surface area contributed by atoms with Gasteiger partial charge in [0, 0.05) is 11.6 Å². The third-order valence-electron chi connectivity index (χ3n) is 4.02. The van der Waals surface area contributed by atoms with Gasteiger partial charge in [-0.25, -0.2) is 4.79 Å². The lowest BCUT2D eigenvalue weighted by molar-refractivity contribution is -0.144. The molecule has 2 aromatic carbocycles. The summed E-state index contributed by atoms with van der Waals surface area (Å²) in [5.41, 5.74) is 2.01. The van der Waals surface area contributed by atoms with Gasteiger partial charge in [-0.15, -0.1) is 0 Å². The minimum Gasteiger partial charge on any atom is -0.508 e. The first-order valence-electron chi connectivity index (χ1n) is 7.58. The van der Waals surface area contributed by atoms with E-state index in [1.165, 1.54) is 25.3 Å². The molecule has 0 spiro atoms. The molecule has 0 bridgehead atoms. The van der Waals surface area contributed by atoms with Crippen molar-refractivity contribution in [1.29, 1.82) is 0 Å². The van der Waals surface area contributed by atoms with Crippen molar-refractivity contribution >= 4 is 18.0 Å². The number of methoxy groups -OCH3 is 1. The predicted molar refractivity (Wildman–Crippen MR) is 89.3 cm³/mol. The van der Waals surface area contributed by atoms with Gasteiger partial charge in [-0.1, -0.05) is 18.2 Å². The Kier molecular flexibility index (Phi) is 4.43. The van der Waals surface area contributed by atoms with Crippen molar-refractivity contribution in [3.8, 4) is 11.5 Å². The van der Waals surface area contributed by atoms with Crippen molar-refractivity contribution in [3.63, 3.8) is 0 Å². The lowest BCUT2D eigenvalue weighted by Crippen LogP contribution is -2.20. The normalized spacial score (nSPS) is 18.6. The lowest BCUT2D eigenvalue weighted by Gasteiger charge is -2.17. The molecule has 2 N–H and O–H groups in total. The molecule has 0 aliphatic carbocycles. The van der Waals surface area contributed by atoms with Crippen molar-refractivity contribution in [2.75, 3.05) is 7.11 Å². The van der Waals surface area contributed by atoms with Gasteiger partial charge in [-0.3, -0.25) is 4.79 Å². The Morgan fingerprint density at radius 2 is 1.88 bits per heavy atom. The minimum absolute atomic E-state index is 0.120. The summed E-state index contributed by atoms with van der Waals surface area (Å²) in [6.45, 7) is 0. The second-order valence-corrected chi connectivity index (χ2v) is 5.60. The fourth-order valence-electron chi connectivity index (χ4n) is 2.86. The van der Waals surface area contributed by atoms with Gasteiger partial charge in [0.05, 0.1) is 7.11 Å². The predicted octanol–water partition coefficient (Wildman–Crippen LogP) is 2.88. The van der Waals surface area contributed by atoms with E-state index >= 15 is 0 Å². The second kappa shape index (κ2) is 6.68. The average Bonchev–Trinajstić information content (AvgIpc) is 2.98. The highest BCUT2D eigenvalue weighted by molar-refractivity contribution is 5.86. The Labute approximate surface area is 143 Å². The zero-order valence-electron chi connectivity index (χ0n) is 13.4. The number of aliphatic carboxylic acids is 1. The van der Waals surface area contributed by atoms with Crippen molar-refractivity contribution in [1.82, 2.24) is 0 Å². The Balaban J connectivity index is 2.01. The largest absolute Gasteiger partial charge is 0.508 e. The van der Waals surface area contributed by atoms with Gasteiger partial charge in [-0.2, -0.15) is 0 Å². The van der Waals surface area contributed by atoms with Gasteiger partial charge < -0.3 is 19.7 Å². The maximum Gasteiger partial charge on any atom is 0.328 e. The van der Waals surface area contributed by atoms with E-state index in [4.69, 9.17) is 14.6 Å². The van der Waals surface area contributed by atoms with Gasteiger partial charge in [0.25, 0.3) is 0 Å². The highest BCUT2D eigenvalue weighted by atomic mass is 16.5. The summed E-state index contributed by atoms with van der Waals surface area (Å²) < 4.78 is 10.9. The first kappa shape index (κ1) is 16.6. The maximum atomic E-state index is 12.3. The molecule has 0 radical (unpaired) electrons. The second-order valence-electron chi connectivity index (χ2n) is 5.60. The molecule has 2 atom stereocenters. The summed E-state index contributed by atoms with van der Waals surface area (Å²) in [5.74, 6) is -1.52. The molecule has 1 heterocycles. The minimum atomic E-state index is -1.05. The molecule has 1 aliphatic heterocycles. The van der Waals surface area contributed by atoms with Crippen LogP contribution in [0.5, 0.6) is 11.5 Å². The van der Waals surface area contributed by atoms with Gasteiger partial charge in [0.15, 0.2) is 0 Å². The smallest absolute Gasteiger partial charge is 0.328 e. The lowest BCUT2D eigenvalue weighted by atomic mass is 9.90. The zero-order valence-corrected chi connectivity index (χ0v) is 13.4. The van der Waals surface area contributed by atoms with Crippen LogP contribution in [0.25, 0.3) is 6.08 Å². The van der Waals surface area contributed by atoms with Crippen molar-refractivity contribution in [2.24, 2.45) is 0 Å². The van der Waals surface area contributed by atoms with Crippen molar-refractivity contribution < 1.29 is 29.3 Å². The Morgan fingerprint density at radius 3 is 2.52 bits per heavy atom. The van der Waals surface area contributed by atoms with Crippen LogP contribution < -0.4 is 4.74 Å². The van der Waals surface area contributed by atoms with E-state index in [0.717, 1.165) is 11.6 Å². The molecule has 0 saturated carbocycles. The zero-order chi connectivity index (χ0) is 18.0. The van der Waals surface area contributed by atoms with E-state index in [1.807, 2.05) is 0 Å². The van der Waals surface area contributed by atoms with E-state index in [-0.39, 0.29) is 5.75 Å². The molecule has 25 heavy (non-hydrogen) atoms. The number of phenols is 1. The van der Waals surface area contributed by atoms with Crippen molar-refractivity contribution in [2.45, 2.75) is 12.0 Å². The summed E-state index contributed by atoms with van der Waals surface area (Å²) in [5, 5.41) is 18.2. The number of benzene rings is 2. The maximum absolute atomic E-state index is 12.3. The van der Waals surface area contributed by atoms with Gasteiger partial charge >= 0.3 is 11.9 Å². The monoisotopic (exact) mass is 340 g/mol. The molecule has 0 aromatic heterocycles. The first-order valence-corrected chi connectivity index (χ1v) is 7.58. The number of aromatic hydroxyl groups is 1. The van der Waals surface area contributed by atoms with Crippen LogP contribution in [-0.2, 0) is 14.3 Å². The van der Waals surface area contributed by atoms with Crippen LogP contribution in [0.1, 0.15) is 28.7 Å². The summed E-state index contributed by atoms with van der Waals surface area (Å²) in [6.07, 6.45) is 1.90. The highest BCUT2D eigenvalue weighted by Crippen LogP contribution is 2.47. The number of ether oxygens (including phenoxy) is 2. The van der Waals surface area contributed by atoms with E-state index in [9.17, 15) is 14.7 Å². The molecule has 3 rings (SSSR count). The molecule has 1 aliphatic rings. The van der Waals surface area contributed by atoms with E-state index in [1.54, 1.807) is 30.3 Å². The molecule has 0 fully saturated rings. The average molecular weight is 340 g/mol. The number of carbonyl (C=O) groups is 2. The number of fused-ring (bicyclic) bond motifs is 1. The molecule has 6 nitrogen and oxygen atoms in total. The molecule has 0 unspecified atom stereocenters. The number of hydrogen-bond donors (Lipinski definition) is 2. The molecular formula is C19H16O6. The number of hydrogen-bond acceptors (Lipinski definition) is 5. The molecule has 6 heteroatoms. The Bertz CT molecular complexity index is 837. The van der Waals surface area contributed by atoms with Crippen LogP contribution in [-0.4, -0.2) is 29.3 Å². The number of carboxylic acids is 1. The van der Waals surface area contributed by atoms with Crippen LogP contribution in [0.4, 0.5) is 0 Å². The first-order chi connectivity index (χ1) is 12.0. The number of carboxylic acid groups (broad SMARTS) is 1. The topological polar surface area (TPSA) is 93.1 Å². The summed E-state index contributed by atoms with van der Waals surface area (Å²) in [7, 11) is 1.31. The van der Waals surface area contributed by atoms with E-state index in [2.05, 4.69) is 0 Å². The fraction of sp³-hybridized carbons (Fsp3) is 0.158. The molecule has 128 valence electrons. The SMILES string of the molecule is COC(=O)[C@H]1c2cc(/C=C/C(=O)O)ccc2O[C@@H]1c1ccc(O)cc1. The van der Waals surface area contributed by atoms with Crippen molar-refractivity contribution in [3.05, 3.63) is 65.2 Å². The molecule has 0 amide bonds. The summed E-state index contributed by atoms with van der Waals surface area (Å²) in [4.78, 5) is 23.0. The quantitative estimate of drug-likeness (QED) is 0.657. The van der Waals surface area contributed by atoms with Gasteiger partial charge in [0.1, 0.15) is 23.5 Å². The summed E-state index contributed by atoms with van der Waals surface area (Å²) in [6, 6.07) is 11.6. The number of rotatable bonds is 4. The Hall–Kier alpha value is -3.28. The van der Waals surface area contributed by atoms with Crippen LogP contribution in [0.2, 0.25) is 0 Å². The van der Waals surface area contributed by atoms with E-state index < -0.39 is 24.0 Å². The third kappa shape index (κ3) is 3.33. The molecular weight excluding hydrogens is 324 g/mol. The summed E-state index contributed by atoms with van der Waals surface area (Å²) >= 11 is 0. The number of carbonyl (C=O) groups excluding carboxylic acids is 1. The molecule has 2 aromatic rings. The number of phenolic OH excluding ortho intramolecular Hbond substituents is 1. The van der Waals surface area contributed by atoms with Gasteiger partial charge in [-0.05, 0) is 41.5 Å². The van der Waals surface area contributed by atoms with Crippen LogP contribution in [0.15, 0.2) is 48.5 Å². The van der Waals surface area contributed by atoms with Crippen LogP contribution in [0.3, 0.4) is 0 Å². The fourth-order valence-corrected chi connectivity index (χ4v) is 2.86. The van der Waals surface area contributed by atoms with Gasteiger partial charge in [0.2, 0.25) is 0 Å². The standard InChI is InChI=1S/C19H16O6/c1-24-19(23)17-14-10-11(3-9-16(21)22)2-8-15(14)25-18(17)12-4-6-13(20)7-5-12/h2-10,17-18,20H,1H3,(H,21,22)/b9-3+/t17-,18+/m0/s1. The Morgan fingerprint density at radius 1 is 1.16 bits per heavy atom. The van der Waals surface area contributed by atoms with Crippen LogP contribution in [0, 0.1) is 0 Å². The number of esters is 1. The highest BCUT2D eigenvalue weighted by Gasteiger charge is 2.41. The van der Waals surface area contributed by atoms with Crippen LogP contribution >= 0.6 is 0 Å². The third-order valence-corrected chi connectivity index (χ3v) is 4.02. The molecule has 0 saturated heterocycles. The van der Waals surface area contributed by atoms with E-state index in [0.29, 0.717) is 16.9 Å².